The molecule has 5 rings (SSSR count). The Morgan fingerprint density at radius 2 is 1.66 bits per heavy atom. The molecule has 0 atom stereocenters. The maximum Gasteiger partial charge on any atom is 0.328 e. The van der Waals surface area contributed by atoms with Crippen molar-refractivity contribution in [2.24, 2.45) is 0 Å². The maximum atomic E-state index is 13.1. The van der Waals surface area contributed by atoms with Crippen molar-refractivity contribution < 1.29 is 18.0 Å². The van der Waals surface area contributed by atoms with E-state index in [0.717, 1.165) is 34.1 Å². The second-order valence-electron chi connectivity index (χ2n) is 9.03. The number of hydrogen-bond donors (Lipinski definition) is 2. The van der Waals surface area contributed by atoms with Crippen molar-refractivity contribution in [2.45, 2.75) is 17.7 Å². The van der Waals surface area contributed by atoms with Gasteiger partial charge in [0.2, 0.25) is 0 Å². The molecular weight excluding hydrogens is 547 g/mol. The number of aromatic nitrogens is 1. The summed E-state index contributed by atoms with van der Waals surface area (Å²) in [7, 11) is -2.20. The molecule has 38 heavy (non-hydrogen) atoms. The third-order valence-electron chi connectivity index (χ3n) is 6.53. The average molecular weight is 571 g/mol. The molecule has 1 aliphatic rings. The fourth-order valence-corrected chi connectivity index (χ4v) is 5.83. The minimum absolute atomic E-state index is 0.0357. The molecule has 0 saturated carbocycles. The number of hydrogen-bond acceptors (Lipinski definition) is 4. The minimum atomic E-state index is -4.00. The predicted octanol–water partition coefficient (Wildman–Crippen LogP) is 4.80. The van der Waals surface area contributed by atoms with Crippen molar-refractivity contribution in [2.75, 3.05) is 20.1 Å². The lowest BCUT2D eigenvalue weighted by atomic mass is 10.0. The number of benzene rings is 3. The largest absolute Gasteiger partial charge is 0.340 e. The number of nitrogens with zero attached hydrogens (tertiary/aromatic N) is 2. The first-order valence-corrected chi connectivity index (χ1v) is 14.1. The van der Waals surface area contributed by atoms with Crippen LogP contribution >= 0.6 is 23.2 Å². The third-order valence-corrected chi connectivity index (χ3v) is 8.36. The number of nitrogens with one attached hydrogen (secondary N) is 2. The summed E-state index contributed by atoms with van der Waals surface area (Å²) in [5, 5.41) is 4.56. The molecule has 3 amide bonds. The number of fused-ring (bicyclic) bond motifs is 3. The molecule has 0 bridgehead atoms. The van der Waals surface area contributed by atoms with Crippen molar-refractivity contribution in [3.63, 3.8) is 0 Å². The number of amides is 3. The molecule has 0 aliphatic carbocycles. The zero-order valence-corrected chi connectivity index (χ0v) is 22.7. The van der Waals surface area contributed by atoms with Crippen molar-refractivity contribution in [3.8, 4) is 5.69 Å². The van der Waals surface area contributed by atoms with Gasteiger partial charge in [0.1, 0.15) is 5.69 Å². The van der Waals surface area contributed by atoms with Crippen molar-refractivity contribution in [3.05, 3.63) is 93.6 Å². The van der Waals surface area contributed by atoms with Crippen LogP contribution in [0.2, 0.25) is 10.0 Å². The second kappa shape index (κ2) is 10.3. The van der Waals surface area contributed by atoms with Gasteiger partial charge in [0.25, 0.3) is 15.9 Å². The lowest BCUT2D eigenvalue weighted by Gasteiger charge is -2.24. The van der Waals surface area contributed by atoms with Gasteiger partial charge in [-0.05, 0) is 78.6 Å². The van der Waals surface area contributed by atoms with Gasteiger partial charge in [-0.2, -0.15) is 0 Å². The van der Waals surface area contributed by atoms with Gasteiger partial charge in [-0.3, -0.25) is 4.79 Å². The molecule has 196 valence electrons. The highest BCUT2D eigenvalue weighted by Gasteiger charge is 2.29. The molecule has 8 nitrogen and oxygen atoms in total. The Labute approximate surface area is 230 Å². The van der Waals surface area contributed by atoms with E-state index in [1.807, 2.05) is 51.8 Å². The number of carbonyl (C=O) groups excluding carboxylic acids is 2. The molecule has 11 heteroatoms. The molecule has 0 spiro atoms. The first-order chi connectivity index (χ1) is 18.1. The van der Waals surface area contributed by atoms with Crippen LogP contribution in [0.1, 0.15) is 21.6 Å². The average Bonchev–Trinajstić information content (AvgIpc) is 3.20. The van der Waals surface area contributed by atoms with Gasteiger partial charge in [-0.25, -0.2) is 17.9 Å². The second-order valence-corrected chi connectivity index (χ2v) is 11.6. The van der Waals surface area contributed by atoms with E-state index in [0.29, 0.717) is 28.7 Å². The van der Waals surface area contributed by atoms with E-state index in [9.17, 15) is 18.0 Å². The first-order valence-electron chi connectivity index (χ1n) is 11.9. The lowest BCUT2D eigenvalue weighted by molar-refractivity contribution is 0.0773. The molecule has 4 aromatic rings. The van der Waals surface area contributed by atoms with Gasteiger partial charge < -0.3 is 14.8 Å². The Morgan fingerprint density at radius 1 is 0.974 bits per heavy atom. The Kier molecular flexibility index (Phi) is 7.09. The summed E-state index contributed by atoms with van der Waals surface area (Å²) in [6, 6.07) is 18.1. The van der Waals surface area contributed by atoms with Crippen LogP contribution < -0.4 is 10.0 Å². The van der Waals surface area contributed by atoms with Crippen molar-refractivity contribution in [1.82, 2.24) is 19.5 Å². The number of rotatable bonds is 6. The van der Waals surface area contributed by atoms with Gasteiger partial charge in [-0.15, -0.1) is 0 Å². The van der Waals surface area contributed by atoms with E-state index in [-0.39, 0.29) is 17.3 Å². The minimum Gasteiger partial charge on any atom is -0.340 e. The summed E-state index contributed by atoms with van der Waals surface area (Å²) in [6.07, 6.45) is 1.23. The highest BCUT2D eigenvalue weighted by Crippen LogP contribution is 2.34. The Morgan fingerprint density at radius 3 is 2.37 bits per heavy atom. The third kappa shape index (κ3) is 5.09. The smallest absolute Gasteiger partial charge is 0.328 e. The molecule has 1 aromatic heterocycles. The number of likely N-dealkylation sites (N-methyl/N-ethyl adjacent to an activating group) is 1. The lowest BCUT2D eigenvalue weighted by Crippen LogP contribution is -2.40. The van der Waals surface area contributed by atoms with Gasteiger partial charge in [0, 0.05) is 41.3 Å². The van der Waals surface area contributed by atoms with Crippen LogP contribution in [-0.4, -0.2) is 50.0 Å². The standard InChI is InChI=1S/C27H24Cl2N4O4S/c1-32-15-13-22-23-16-19(29)6-11-24(23)33(25(22)26(32)34)20-7-2-17(3-8-20)12-14-30-27(35)31-38(36,37)21-9-4-18(28)5-10-21/h2-11,16H,12-15H2,1H3,(H2,30,31,35). The molecule has 0 radical (unpaired) electrons. The molecule has 1 aliphatic heterocycles. The van der Waals surface area contributed by atoms with E-state index < -0.39 is 16.1 Å². The maximum absolute atomic E-state index is 13.1. The SMILES string of the molecule is CN1CCc2c(n(-c3ccc(CCNC(=O)NS(=O)(=O)c4ccc(Cl)cc4)cc3)c3ccc(Cl)cc23)C1=O. The van der Waals surface area contributed by atoms with E-state index in [1.54, 1.807) is 11.9 Å². The number of halogens is 2. The van der Waals surface area contributed by atoms with Crippen LogP contribution in [0.25, 0.3) is 16.6 Å². The van der Waals surface area contributed by atoms with Gasteiger partial charge in [0.05, 0.1) is 10.4 Å². The van der Waals surface area contributed by atoms with E-state index in [4.69, 9.17) is 23.2 Å². The monoisotopic (exact) mass is 570 g/mol. The molecule has 3 aromatic carbocycles. The predicted molar refractivity (Wildman–Crippen MR) is 148 cm³/mol. The Bertz CT molecular complexity index is 1650. The van der Waals surface area contributed by atoms with Crippen LogP contribution in [0.3, 0.4) is 0 Å². The zero-order valence-electron chi connectivity index (χ0n) is 20.4. The van der Waals surface area contributed by atoms with Crippen molar-refractivity contribution >= 4 is 56.1 Å². The van der Waals surface area contributed by atoms with Crippen LogP contribution in [0.4, 0.5) is 4.79 Å². The Hall–Kier alpha value is -3.53. The molecule has 0 unspecified atom stereocenters. The molecule has 0 fully saturated rings. The summed E-state index contributed by atoms with van der Waals surface area (Å²) in [5.74, 6) is -0.0357. The highest BCUT2D eigenvalue weighted by atomic mass is 35.5. The van der Waals surface area contributed by atoms with Gasteiger partial charge >= 0.3 is 6.03 Å². The molecule has 0 saturated heterocycles. The summed E-state index contributed by atoms with van der Waals surface area (Å²) in [4.78, 5) is 26.9. The number of sulfonamides is 1. The van der Waals surface area contributed by atoms with Gasteiger partial charge in [-0.1, -0.05) is 35.3 Å². The van der Waals surface area contributed by atoms with Gasteiger partial charge in [0.15, 0.2) is 0 Å². The highest BCUT2D eigenvalue weighted by molar-refractivity contribution is 7.90. The number of carbonyl (C=O) groups is 2. The summed E-state index contributed by atoms with van der Waals surface area (Å²) < 4.78 is 28.6. The fraction of sp³-hybridized carbons (Fsp3) is 0.185. The fourth-order valence-electron chi connectivity index (χ4n) is 4.60. The van der Waals surface area contributed by atoms with Crippen LogP contribution in [-0.2, 0) is 22.9 Å². The normalized spacial score (nSPS) is 13.4. The van der Waals surface area contributed by atoms with Crippen LogP contribution in [0.5, 0.6) is 0 Å². The first kappa shape index (κ1) is 26.1. The molecule has 2 N–H and O–H groups in total. The van der Waals surface area contributed by atoms with Crippen LogP contribution in [0.15, 0.2) is 71.6 Å². The summed E-state index contributed by atoms with van der Waals surface area (Å²) >= 11 is 12.1. The topological polar surface area (TPSA) is 101 Å². The molecule has 2 heterocycles. The van der Waals surface area contributed by atoms with Crippen LogP contribution in [0, 0.1) is 0 Å². The van der Waals surface area contributed by atoms with E-state index >= 15 is 0 Å². The van der Waals surface area contributed by atoms with E-state index in [1.165, 1.54) is 24.3 Å². The van der Waals surface area contributed by atoms with E-state index in [2.05, 4.69) is 5.32 Å². The summed E-state index contributed by atoms with van der Waals surface area (Å²) in [5.41, 5.74) is 4.33. The zero-order chi connectivity index (χ0) is 27.0. The summed E-state index contributed by atoms with van der Waals surface area (Å²) in [6.45, 7) is 0.878. The van der Waals surface area contributed by atoms with Crippen molar-refractivity contribution in [1.29, 1.82) is 0 Å². The molecular formula is C27H24Cl2N4O4S. The quantitative estimate of drug-likeness (QED) is 0.348. The Balaban J connectivity index is 1.29. The number of urea groups is 1.